The van der Waals surface area contributed by atoms with Crippen molar-refractivity contribution in [3.8, 4) is 0 Å². The molecular formula is C17H16N8O6S. The molecule has 0 saturated heterocycles. The Balaban J connectivity index is 1.77. The number of benzene rings is 2. The smallest absolute Gasteiger partial charge is 0.299 e. The average Bonchev–Trinajstić information content (AvgIpc) is 2.76. The molecule has 4 N–H and O–H groups in total. The minimum Gasteiger partial charge on any atom is -0.299 e. The van der Waals surface area contributed by atoms with Crippen LogP contribution in [0.2, 0.25) is 0 Å². The van der Waals surface area contributed by atoms with Gasteiger partial charge >= 0.3 is 5.69 Å². The quantitative estimate of drug-likeness (QED) is 0.270. The van der Waals surface area contributed by atoms with Gasteiger partial charge in [0.1, 0.15) is 6.33 Å². The van der Waals surface area contributed by atoms with Gasteiger partial charge in [0, 0.05) is 12.1 Å². The van der Waals surface area contributed by atoms with Crippen molar-refractivity contribution in [2.45, 2.75) is 11.8 Å². The summed E-state index contributed by atoms with van der Waals surface area (Å²) in [5.41, 5.74) is 7.80. The molecule has 0 saturated carbocycles. The number of rotatable bonds is 9. The van der Waals surface area contributed by atoms with Crippen molar-refractivity contribution in [1.29, 1.82) is 0 Å². The largest absolute Gasteiger partial charge is 0.356 e. The Bertz CT molecular complexity index is 1250. The lowest BCUT2D eigenvalue weighted by molar-refractivity contribution is -0.384. The number of nitro groups is 2. The van der Waals surface area contributed by atoms with Crippen LogP contribution in [0.3, 0.4) is 0 Å². The van der Waals surface area contributed by atoms with E-state index in [1.807, 2.05) is 4.83 Å². The van der Waals surface area contributed by atoms with Gasteiger partial charge in [0.05, 0.1) is 20.4 Å². The van der Waals surface area contributed by atoms with E-state index in [9.17, 15) is 28.6 Å². The molecule has 0 fully saturated rings. The number of nitro benzene ring substituents is 1. The van der Waals surface area contributed by atoms with E-state index in [1.165, 1.54) is 36.4 Å². The highest BCUT2D eigenvalue weighted by molar-refractivity contribution is 7.89. The van der Waals surface area contributed by atoms with E-state index in [0.717, 1.165) is 11.9 Å². The minimum atomic E-state index is -4.03. The summed E-state index contributed by atoms with van der Waals surface area (Å²) in [7, 11) is -4.03. The van der Waals surface area contributed by atoms with E-state index in [4.69, 9.17) is 0 Å². The number of anilines is 3. The van der Waals surface area contributed by atoms with Crippen molar-refractivity contribution in [3.05, 3.63) is 80.7 Å². The zero-order valence-electron chi connectivity index (χ0n) is 16.3. The predicted octanol–water partition coefficient (Wildman–Crippen LogP) is 2.35. The van der Waals surface area contributed by atoms with Gasteiger partial charge in [-0.1, -0.05) is 17.7 Å². The molecule has 0 atom stereocenters. The zero-order valence-corrected chi connectivity index (χ0v) is 17.2. The van der Waals surface area contributed by atoms with Gasteiger partial charge in [0.2, 0.25) is 11.6 Å². The second-order valence-corrected chi connectivity index (χ2v) is 7.96. The lowest BCUT2D eigenvalue weighted by atomic mass is 10.2. The maximum absolute atomic E-state index is 12.4. The molecule has 1 aromatic heterocycles. The van der Waals surface area contributed by atoms with Gasteiger partial charge in [0.25, 0.3) is 15.7 Å². The van der Waals surface area contributed by atoms with Crippen molar-refractivity contribution in [2.24, 2.45) is 0 Å². The van der Waals surface area contributed by atoms with E-state index in [0.29, 0.717) is 5.69 Å². The molecule has 0 aliphatic rings. The molecule has 15 heteroatoms. The molecule has 1 heterocycles. The number of nitrogens with zero attached hydrogens (tertiary/aromatic N) is 4. The van der Waals surface area contributed by atoms with Crippen LogP contribution >= 0.6 is 0 Å². The topological polar surface area (TPSA) is 194 Å². The molecule has 0 bridgehead atoms. The first-order valence-corrected chi connectivity index (χ1v) is 10.3. The van der Waals surface area contributed by atoms with Crippen molar-refractivity contribution in [3.63, 3.8) is 0 Å². The Kier molecular flexibility index (Phi) is 6.41. The fourth-order valence-electron chi connectivity index (χ4n) is 2.42. The number of nitrogens with one attached hydrogen (secondary N) is 4. The standard InChI is InChI=1S/C17H16N8O6S/c1-11-2-8-14(9-3-11)32(30,31)23-22-17-15(25(28)29)16(18-10-19-17)21-20-12-4-6-13(7-5-12)24(26)27/h2-10,20,23H,1H3,(H2,18,19,21,22). The average molecular weight is 460 g/mol. The van der Waals surface area contributed by atoms with Crippen molar-refractivity contribution in [2.75, 3.05) is 16.3 Å². The number of aryl methyl sites for hydroxylation is 1. The Morgan fingerprint density at radius 1 is 0.812 bits per heavy atom. The first-order valence-electron chi connectivity index (χ1n) is 8.78. The molecule has 2 aromatic carbocycles. The Morgan fingerprint density at radius 2 is 1.41 bits per heavy atom. The first kappa shape index (κ1) is 22.3. The normalized spacial score (nSPS) is 10.9. The monoisotopic (exact) mass is 460 g/mol. The molecule has 32 heavy (non-hydrogen) atoms. The van der Waals surface area contributed by atoms with Crippen LogP contribution in [0.5, 0.6) is 0 Å². The van der Waals surface area contributed by atoms with Gasteiger partial charge in [-0.3, -0.25) is 36.5 Å². The Labute approximate surface area is 181 Å². The maximum atomic E-state index is 12.4. The molecule has 3 rings (SSSR count). The number of aromatic nitrogens is 2. The number of hydrogen-bond acceptors (Lipinski definition) is 11. The van der Waals surface area contributed by atoms with Gasteiger partial charge in [0.15, 0.2) is 0 Å². The molecule has 0 unspecified atom stereocenters. The Morgan fingerprint density at radius 3 is 1.97 bits per heavy atom. The van der Waals surface area contributed by atoms with Crippen molar-refractivity contribution < 1.29 is 18.3 Å². The van der Waals surface area contributed by atoms with Crippen LogP contribution < -0.4 is 21.1 Å². The summed E-state index contributed by atoms with van der Waals surface area (Å²) < 4.78 is 24.8. The highest BCUT2D eigenvalue weighted by Crippen LogP contribution is 2.28. The molecule has 0 spiro atoms. The number of hydrazine groups is 2. The summed E-state index contributed by atoms with van der Waals surface area (Å²) in [5, 5.41) is 22.3. The summed E-state index contributed by atoms with van der Waals surface area (Å²) in [6.45, 7) is 1.80. The molecule has 166 valence electrons. The van der Waals surface area contributed by atoms with Gasteiger partial charge in [-0.25, -0.2) is 18.4 Å². The second-order valence-electron chi connectivity index (χ2n) is 6.27. The summed E-state index contributed by atoms with van der Waals surface area (Å²) in [6, 6.07) is 11.2. The molecule has 0 radical (unpaired) electrons. The molecular weight excluding hydrogens is 444 g/mol. The van der Waals surface area contributed by atoms with Crippen LogP contribution in [0.25, 0.3) is 0 Å². The van der Waals surface area contributed by atoms with Crippen LogP contribution in [0.1, 0.15) is 5.56 Å². The van der Waals surface area contributed by atoms with Gasteiger partial charge in [-0.15, -0.1) is 4.83 Å². The van der Waals surface area contributed by atoms with Gasteiger partial charge in [-0.2, -0.15) is 0 Å². The van der Waals surface area contributed by atoms with Gasteiger partial charge < -0.3 is 0 Å². The fraction of sp³-hybridized carbons (Fsp3) is 0.0588. The van der Waals surface area contributed by atoms with Crippen LogP contribution in [0.15, 0.2) is 59.8 Å². The van der Waals surface area contributed by atoms with E-state index >= 15 is 0 Å². The highest BCUT2D eigenvalue weighted by atomic mass is 32.2. The summed E-state index contributed by atoms with van der Waals surface area (Å²) >= 11 is 0. The number of sulfonamides is 1. The van der Waals surface area contributed by atoms with Crippen molar-refractivity contribution >= 4 is 38.7 Å². The van der Waals surface area contributed by atoms with Crippen LogP contribution in [-0.2, 0) is 10.0 Å². The third-order valence-electron chi connectivity index (χ3n) is 4.04. The van der Waals surface area contributed by atoms with E-state index in [1.54, 1.807) is 19.1 Å². The number of hydrogen-bond donors (Lipinski definition) is 4. The maximum Gasteiger partial charge on any atom is 0.356 e. The van der Waals surface area contributed by atoms with Crippen LogP contribution in [-0.4, -0.2) is 28.2 Å². The van der Waals surface area contributed by atoms with E-state index in [2.05, 4.69) is 26.2 Å². The molecule has 0 aliphatic heterocycles. The molecule has 3 aromatic rings. The minimum absolute atomic E-state index is 0.0505. The summed E-state index contributed by atoms with van der Waals surface area (Å²) in [6.07, 6.45) is 0.982. The lowest BCUT2D eigenvalue weighted by Crippen LogP contribution is -2.30. The van der Waals surface area contributed by atoms with Crippen LogP contribution in [0.4, 0.5) is 28.7 Å². The highest BCUT2D eigenvalue weighted by Gasteiger charge is 2.24. The lowest BCUT2D eigenvalue weighted by Gasteiger charge is -2.12. The molecule has 14 nitrogen and oxygen atoms in total. The van der Waals surface area contributed by atoms with Gasteiger partial charge in [-0.05, 0) is 31.2 Å². The van der Waals surface area contributed by atoms with Crippen LogP contribution in [0, 0.1) is 27.2 Å². The molecule has 0 amide bonds. The number of non-ortho nitro benzene ring substituents is 1. The first-order chi connectivity index (χ1) is 15.2. The fourth-order valence-corrected chi connectivity index (χ4v) is 3.27. The van der Waals surface area contributed by atoms with E-state index < -0.39 is 31.4 Å². The van der Waals surface area contributed by atoms with Crippen molar-refractivity contribution in [1.82, 2.24) is 14.8 Å². The Hall–Kier alpha value is -4.37. The predicted molar refractivity (Wildman–Crippen MR) is 114 cm³/mol. The summed E-state index contributed by atoms with van der Waals surface area (Å²) in [4.78, 5) is 30.4. The second kappa shape index (κ2) is 9.19. The van der Waals surface area contributed by atoms with E-state index in [-0.39, 0.29) is 16.4 Å². The summed E-state index contributed by atoms with van der Waals surface area (Å²) in [5.74, 6) is -0.686. The molecule has 0 aliphatic carbocycles. The SMILES string of the molecule is Cc1ccc(S(=O)(=O)NNc2ncnc(NNc3ccc([N+](=O)[O-])cc3)c2[N+](=O)[O-])cc1. The third kappa shape index (κ3) is 5.21. The zero-order chi connectivity index (χ0) is 23.3. The third-order valence-corrected chi connectivity index (χ3v) is 5.31.